The van der Waals surface area contributed by atoms with Crippen LogP contribution in [-0.2, 0) is 4.84 Å². The van der Waals surface area contributed by atoms with Crippen LogP contribution in [0.1, 0.15) is 0 Å². The van der Waals surface area contributed by atoms with Crippen LogP contribution in [-0.4, -0.2) is 62.9 Å². The molecule has 0 saturated carbocycles. The molecule has 74 valence electrons. The van der Waals surface area contributed by atoms with Crippen LogP contribution >= 0.6 is 0 Å². The van der Waals surface area contributed by atoms with Crippen LogP contribution in [0.5, 0.6) is 0 Å². The van der Waals surface area contributed by atoms with Crippen molar-refractivity contribution < 1.29 is 4.84 Å². The average molecular weight is 183 g/mol. The Bertz CT molecular complexity index is 233. The fourth-order valence-electron chi connectivity index (χ4n) is 2.59. The molecule has 0 aromatic rings. The van der Waals surface area contributed by atoms with Crippen molar-refractivity contribution in [2.45, 2.75) is 0 Å². The van der Waals surface area contributed by atoms with E-state index in [-0.39, 0.29) is 0 Å². The summed E-state index contributed by atoms with van der Waals surface area (Å²) in [4.78, 5) is 9.52. The normalized spacial score (nSPS) is 31.2. The summed E-state index contributed by atoms with van der Waals surface area (Å²) >= 11 is 0. The molecule has 4 heteroatoms. The van der Waals surface area contributed by atoms with Gasteiger partial charge in [0, 0.05) is 26.2 Å². The Hall–Kier alpha value is -0.610. The molecule has 0 aromatic carbocycles. The number of hydrogen-bond acceptors (Lipinski definition) is 4. The molecule has 2 rings (SSSR count). The standard InChI is InChI=1S/C9H17N3O/c1-11-4-8(10-13-3)9(5-11)6-12(2)7-9/h4-7H2,1-3H3/b10-8-. The molecule has 0 atom stereocenters. The number of nitrogens with zero attached hydrogens (tertiary/aromatic N) is 3. The van der Waals surface area contributed by atoms with Gasteiger partial charge in [0.05, 0.1) is 11.1 Å². The van der Waals surface area contributed by atoms with Gasteiger partial charge in [0.15, 0.2) is 0 Å². The molecule has 0 aromatic heterocycles. The van der Waals surface area contributed by atoms with Crippen molar-refractivity contribution in [1.82, 2.24) is 9.80 Å². The molecule has 0 amide bonds. The van der Waals surface area contributed by atoms with Gasteiger partial charge in [0.25, 0.3) is 0 Å². The minimum absolute atomic E-state index is 0.305. The van der Waals surface area contributed by atoms with E-state index in [0.29, 0.717) is 5.41 Å². The molecule has 4 nitrogen and oxygen atoms in total. The van der Waals surface area contributed by atoms with Crippen molar-refractivity contribution in [3.05, 3.63) is 0 Å². The molecule has 0 radical (unpaired) electrons. The Labute approximate surface area is 79.1 Å². The highest BCUT2D eigenvalue weighted by molar-refractivity contribution is 5.95. The second-order valence-corrected chi connectivity index (χ2v) is 4.35. The van der Waals surface area contributed by atoms with E-state index >= 15 is 0 Å². The van der Waals surface area contributed by atoms with Gasteiger partial charge in [-0.05, 0) is 14.1 Å². The van der Waals surface area contributed by atoms with E-state index in [9.17, 15) is 0 Å². The maximum Gasteiger partial charge on any atom is 0.106 e. The van der Waals surface area contributed by atoms with E-state index in [1.54, 1.807) is 7.11 Å². The molecule has 2 aliphatic rings. The van der Waals surface area contributed by atoms with Crippen LogP contribution in [0.3, 0.4) is 0 Å². The fraction of sp³-hybridized carbons (Fsp3) is 0.889. The van der Waals surface area contributed by atoms with Gasteiger partial charge in [-0.3, -0.25) is 4.90 Å². The zero-order valence-corrected chi connectivity index (χ0v) is 8.58. The highest BCUT2D eigenvalue weighted by Gasteiger charge is 2.50. The second-order valence-electron chi connectivity index (χ2n) is 4.35. The van der Waals surface area contributed by atoms with E-state index in [4.69, 9.17) is 4.84 Å². The van der Waals surface area contributed by atoms with Gasteiger partial charge >= 0.3 is 0 Å². The minimum atomic E-state index is 0.305. The highest BCUT2D eigenvalue weighted by atomic mass is 16.6. The summed E-state index contributed by atoms with van der Waals surface area (Å²) in [6.45, 7) is 4.33. The van der Waals surface area contributed by atoms with Crippen LogP contribution in [0.4, 0.5) is 0 Å². The predicted molar refractivity (Wildman–Crippen MR) is 51.9 cm³/mol. The Kier molecular flexibility index (Phi) is 2.04. The Balaban J connectivity index is 2.13. The maximum atomic E-state index is 4.88. The third-order valence-corrected chi connectivity index (χ3v) is 2.95. The van der Waals surface area contributed by atoms with E-state index in [1.807, 2.05) is 0 Å². The van der Waals surface area contributed by atoms with Gasteiger partial charge in [-0.2, -0.15) is 0 Å². The summed E-state index contributed by atoms with van der Waals surface area (Å²) in [6.07, 6.45) is 0. The molecule has 13 heavy (non-hydrogen) atoms. The molecule has 2 saturated heterocycles. The lowest BCUT2D eigenvalue weighted by molar-refractivity contribution is 0.0739. The Morgan fingerprint density at radius 3 is 2.38 bits per heavy atom. The quantitative estimate of drug-likeness (QED) is 0.530. The smallest absolute Gasteiger partial charge is 0.106 e. The summed E-state index contributed by atoms with van der Waals surface area (Å²) in [7, 11) is 5.91. The van der Waals surface area contributed by atoms with Gasteiger partial charge in [-0.15, -0.1) is 0 Å². The number of likely N-dealkylation sites (tertiary alicyclic amines) is 2. The number of hydrogen-bond donors (Lipinski definition) is 0. The second kappa shape index (κ2) is 2.96. The summed E-state index contributed by atoms with van der Waals surface area (Å²) in [5, 5.41) is 4.13. The SMILES string of the molecule is CO/N=C1/CN(C)CC12CN(C)C2. The lowest BCUT2D eigenvalue weighted by Gasteiger charge is -2.45. The van der Waals surface area contributed by atoms with Gasteiger partial charge in [0.1, 0.15) is 7.11 Å². The number of rotatable bonds is 1. The van der Waals surface area contributed by atoms with Gasteiger partial charge in [-0.25, -0.2) is 0 Å². The average Bonchev–Trinajstić information content (AvgIpc) is 2.28. The highest BCUT2D eigenvalue weighted by Crippen LogP contribution is 2.36. The molecule has 2 heterocycles. The molecule has 0 unspecified atom stereocenters. The van der Waals surface area contributed by atoms with Gasteiger partial charge < -0.3 is 9.74 Å². The van der Waals surface area contributed by atoms with Crippen molar-refractivity contribution in [2.75, 3.05) is 47.4 Å². The van der Waals surface area contributed by atoms with E-state index < -0.39 is 0 Å². The maximum absolute atomic E-state index is 4.88. The van der Waals surface area contributed by atoms with Crippen LogP contribution < -0.4 is 0 Å². The Morgan fingerprint density at radius 1 is 1.23 bits per heavy atom. The molecule has 0 aliphatic carbocycles. The van der Waals surface area contributed by atoms with E-state index in [0.717, 1.165) is 26.2 Å². The summed E-state index contributed by atoms with van der Waals surface area (Å²) in [5.41, 5.74) is 1.52. The van der Waals surface area contributed by atoms with Crippen molar-refractivity contribution in [3.8, 4) is 0 Å². The Morgan fingerprint density at radius 2 is 1.85 bits per heavy atom. The first-order valence-electron chi connectivity index (χ1n) is 4.64. The lowest BCUT2D eigenvalue weighted by atomic mass is 9.78. The molecule has 0 N–H and O–H groups in total. The zero-order chi connectivity index (χ0) is 9.47. The van der Waals surface area contributed by atoms with Crippen molar-refractivity contribution >= 4 is 5.71 Å². The summed E-state index contributed by atoms with van der Waals surface area (Å²) in [5.74, 6) is 0. The van der Waals surface area contributed by atoms with Crippen molar-refractivity contribution in [2.24, 2.45) is 10.6 Å². The van der Waals surface area contributed by atoms with E-state index in [1.165, 1.54) is 5.71 Å². The van der Waals surface area contributed by atoms with Gasteiger partial charge in [0.2, 0.25) is 0 Å². The van der Waals surface area contributed by atoms with Crippen LogP contribution in [0.25, 0.3) is 0 Å². The molecule has 1 spiro atoms. The third-order valence-electron chi connectivity index (χ3n) is 2.95. The predicted octanol–water partition coefficient (Wildman–Crippen LogP) is -0.134. The molecule has 0 bridgehead atoms. The fourth-order valence-corrected chi connectivity index (χ4v) is 2.59. The molecule has 2 fully saturated rings. The minimum Gasteiger partial charge on any atom is -0.399 e. The third kappa shape index (κ3) is 1.34. The zero-order valence-electron chi connectivity index (χ0n) is 8.58. The first-order valence-corrected chi connectivity index (χ1v) is 4.64. The first-order chi connectivity index (χ1) is 6.16. The molecular formula is C9H17N3O. The largest absolute Gasteiger partial charge is 0.399 e. The van der Waals surface area contributed by atoms with E-state index in [2.05, 4.69) is 29.1 Å². The first kappa shape index (κ1) is 8.97. The number of oxime groups is 1. The summed E-state index contributed by atoms with van der Waals surface area (Å²) in [6, 6.07) is 0. The summed E-state index contributed by atoms with van der Waals surface area (Å²) < 4.78 is 0. The van der Waals surface area contributed by atoms with Crippen molar-refractivity contribution in [3.63, 3.8) is 0 Å². The van der Waals surface area contributed by atoms with Crippen molar-refractivity contribution in [1.29, 1.82) is 0 Å². The van der Waals surface area contributed by atoms with Crippen LogP contribution in [0.2, 0.25) is 0 Å². The molecule has 2 aliphatic heterocycles. The van der Waals surface area contributed by atoms with Gasteiger partial charge in [-0.1, -0.05) is 5.16 Å². The monoisotopic (exact) mass is 183 g/mol. The van der Waals surface area contributed by atoms with Crippen LogP contribution in [0.15, 0.2) is 5.16 Å². The van der Waals surface area contributed by atoms with Crippen LogP contribution in [0, 0.1) is 5.41 Å². The lowest BCUT2D eigenvalue weighted by Crippen LogP contribution is -2.59. The topological polar surface area (TPSA) is 28.1 Å². The molecular weight excluding hydrogens is 166 g/mol.